The molecule has 0 spiro atoms. The van der Waals surface area contributed by atoms with Crippen LogP contribution in [0.5, 0.6) is 0 Å². The zero-order chi connectivity index (χ0) is 22.0. The van der Waals surface area contributed by atoms with Crippen molar-refractivity contribution in [1.82, 2.24) is 14.8 Å². The van der Waals surface area contributed by atoms with E-state index in [1.165, 1.54) is 11.8 Å². The van der Waals surface area contributed by atoms with E-state index in [1.54, 1.807) is 6.08 Å². The van der Waals surface area contributed by atoms with E-state index in [4.69, 9.17) is 4.42 Å². The molecule has 0 atom stereocenters. The molecule has 0 saturated heterocycles. The van der Waals surface area contributed by atoms with Crippen LogP contribution in [0.1, 0.15) is 11.1 Å². The molecule has 1 N–H and O–H groups in total. The van der Waals surface area contributed by atoms with Crippen molar-refractivity contribution in [2.45, 2.75) is 25.5 Å². The third-order valence-corrected chi connectivity index (χ3v) is 6.36. The molecule has 4 aromatic rings. The van der Waals surface area contributed by atoms with Gasteiger partial charge in [0.25, 0.3) is 0 Å². The second kappa shape index (κ2) is 9.27. The number of aromatic nitrogens is 3. The normalized spacial score (nSPS) is 11.1. The number of anilines is 1. The average molecular weight is 544 g/mol. The van der Waals surface area contributed by atoms with E-state index in [2.05, 4.69) is 56.8 Å². The lowest BCUT2D eigenvalue weighted by Gasteiger charge is -2.12. The van der Waals surface area contributed by atoms with E-state index < -0.39 is 0 Å². The third kappa shape index (κ3) is 4.69. The van der Waals surface area contributed by atoms with E-state index >= 15 is 0 Å². The molecule has 0 aliphatic carbocycles. The number of nitrogens with one attached hydrogen (secondary N) is 1. The highest BCUT2D eigenvalue weighted by atomic mass is 127. The number of allylic oxidation sites excluding steroid dienone is 1. The Morgan fingerprint density at radius 2 is 1.97 bits per heavy atom. The Kier molecular flexibility index (Phi) is 6.47. The summed E-state index contributed by atoms with van der Waals surface area (Å²) in [6.07, 6.45) is 1.78. The Labute approximate surface area is 198 Å². The van der Waals surface area contributed by atoms with Crippen molar-refractivity contribution in [2.75, 3.05) is 11.1 Å². The number of rotatable bonds is 7. The molecule has 6 nitrogen and oxygen atoms in total. The minimum Gasteiger partial charge on any atom is -0.453 e. The fourth-order valence-electron chi connectivity index (χ4n) is 3.38. The number of amides is 1. The van der Waals surface area contributed by atoms with Crippen molar-refractivity contribution in [3.63, 3.8) is 0 Å². The van der Waals surface area contributed by atoms with Gasteiger partial charge in [0, 0.05) is 21.2 Å². The maximum atomic E-state index is 12.6. The fraction of sp³-hybridized carbons (Fsp3) is 0.174. The molecule has 2 aromatic heterocycles. The molecule has 0 bridgehead atoms. The van der Waals surface area contributed by atoms with Crippen LogP contribution in [0.2, 0.25) is 0 Å². The van der Waals surface area contributed by atoms with E-state index in [9.17, 15) is 4.79 Å². The van der Waals surface area contributed by atoms with Crippen molar-refractivity contribution in [3.8, 4) is 11.6 Å². The number of benzene rings is 2. The van der Waals surface area contributed by atoms with Crippen LogP contribution in [0.25, 0.3) is 22.6 Å². The highest BCUT2D eigenvalue weighted by Gasteiger charge is 2.18. The summed E-state index contributed by atoms with van der Waals surface area (Å²) in [5.41, 5.74) is 3.75. The van der Waals surface area contributed by atoms with Crippen LogP contribution in [-0.4, -0.2) is 26.4 Å². The smallest absolute Gasteiger partial charge is 0.234 e. The first-order valence-electron chi connectivity index (χ1n) is 9.68. The summed E-state index contributed by atoms with van der Waals surface area (Å²) >= 11 is 3.62. The molecule has 0 aliphatic heterocycles. The minimum atomic E-state index is -0.0872. The molecule has 8 heteroatoms. The second-order valence-corrected chi connectivity index (χ2v) is 9.29. The molecule has 0 aliphatic rings. The van der Waals surface area contributed by atoms with Crippen molar-refractivity contribution in [2.24, 2.45) is 0 Å². The summed E-state index contributed by atoms with van der Waals surface area (Å²) in [6, 6.07) is 13.9. The lowest BCUT2D eigenvalue weighted by Crippen LogP contribution is -2.16. The summed E-state index contributed by atoms with van der Waals surface area (Å²) in [5.74, 6) is 1.39. The monoisotopic (exact) mass is 544 g/mol. The van der Waals surface area contributed by atoms with E-state index in [1.807, 2.05) is 48.7 Å². The Balaban J connectivity index is 1.52. The van der Waals surface area contributed by atoms with Crippen LogP contribution in [0.15, 0.2) is 64.7 Å². The van der Waals surface area contributed by atoms with Crippen molar-refractivity contribution < 1.29 is 9.21 Å². The predicted octanol–water partition coefficient (Wildman–Crippen LogP) is 5.83. The molecular formula is C23H21IN4O2S. The van der Waals surface area contributed by atoms with Gasteiger partial charge in [-0.2, -0.15) is 0 Å². The van der Waals surface area contributed by atoms with Gasteiger partial charge in [-0.1, -0.05) is 36.0 Å². The quantitative estimate of drug-likeness (QED) is 0.180. The number of fused-ring (bicyclic) bond motifs is 1. The van der Waals surface area contributed by atoms with Gasteiger partial charge in [0.15, 0.2) is 10.9 Å². The summed E-state index contributed by atoms with van der Waals surface area (Å²) in [6.45, 7) is 8.34. The minimum absolute atomic E-state index is 0.0872. The molecule has 0 fully saturated rings. The van der Waals surface area contributed by atoms with Gasteiger partial charge in [0.05, 0.1) is 5.75 Å². The predicted molar refractivity (Wildman–Crippen MR) is 133 cm³/mol. The number of para-hydroxylation sites is 1. The molecule has 2 aromatic carbocycles. The summed E-state index contributed by atoms with van der Waals surface area (Å²) in [5, 5.41) is 13.3. The lowest BCUT2D eigenvalue weighted by atomic mass is 10.1. The van der Waals surface area contributed by atoms with Crippen LogP contribution in [0.4, 0.5) is 5.69 Å². The number of halogens is 1. The number of hydrogen-bond donors (Lipinski definition) is 1. The van der Waals surface area contributed by atoms with Crippen molar-refractivity contribution in [3.05, 3.63) is 69.8 Å². The van der Waals surface area contributed by atoms with Crippen molar-refractivity contribution >= 4 is 56.9 Å². The summed E-state index contributed by atoms with van der Waals surface area (Å²) < 4.78 is 9.00. The average Bonchev–Trinajstić information content (AvgIpc) is 3.33. The Hall–Kier alpha value is -2.59. The Morgan fingerprint density at radius 1 is 1.23 bits per heavy atom. The zero-order valence-corrected chi connectivity index (χ0v) is 20.2. The number of furan rings is 1. The summed E-state index contributed by atoms with van der Waals surface area (Å²) in [7, 11) is 0. The molecule has 2 heterocycles. The van der Waals surface area contributed by atoms with Gasteiger partial charge in [-0.25, -0.2) is 0 Å². The molecule has 1 amide bonds. The van der Waals surface area contributed by atoms with E-state index in [-0.39, 0.29) is 11.7 Å². The third-order valence-electron chi connectivity index (χ3n) is 4.77. The summed E-state index contributed by atoms with van der Waals surface area (Å²) in [4.78, 5) is 12.6. The molecule has 158 valence electrons. The second-order valence-electron chi connectivity index (χ2n) is 7.11. The van der Waals surface area contributed by atoms with Gasteiger partial charge in [0.2, 0.25) is 11.7 Å². The van der Waals surface area contributed by atoms with Gasteiger partial charge in [-0.05, 0) is 71.8 Å². The number of hydrogen-bond acceptors (Lipinski definition) is 5. The Morgan fingerprint density at radius 3 is 2.68 bits per heavy atom. The number of carbonyl (C=O) groups excluding carboxylic acids is 1. The lowest BCUT2D eigenvalue weighted by molar-refractivity contribution is -0.113. The van der Waals surface area contributed by atoms with Gasteiger partial charge in [-0.3, -0.25) is 9.36 Å². The molecule has 0 radical (unpaired) electrons. The largest absolute Gasteiger partial charge is 0.453 e. The topological polar surface area (TPSA) is 73.0 Å². The van der Waals surface area contributed by atoms with E-state index in [0.717, 1.165) is 31.4 Å². The molecule has 31 heavy (non-hydrogen) atoms. The van der Waals surface area contributed by atoms with Gasteiger partial charge in [0.1, 0.15) is 5.58 Å². The maximum Gasteiger partial charge on any atom is 0.234 e. The highest BCUT2D eigenvalue weighted by molar-refractivity contribution is 14.1. The molecule has 4 rings (SSSR count). The Bertz CT molecular complexity index is 1220. The number of carbonyl (C=O) groups is 1. The number of nitrogens with zero attached hydrogens (tertiary/aromatic N) is 3. The first kappa shape index (κ1) is 21.6. The maximum absolute atomic E-state index is 12.6. The zero-order valence-electron chi connectivity index (χ0n) is 17.2. The van der Waals surface area contributed by atoms with Gasteiger partial charge < -0.3 is 9.73 Å². The SMILES string of the molecule is C=CCn1c(SCC(=O)Nc2c(C)cc(I)cc2C)nnc1-c1cc2ccccc2o1. The van der Waals surface area contributed by atoms with Crippen molar-refractivity contribution in [1.29, 1.82) is 0 Å². The van der Waals surface area contributed by atoms with E-state index in [0.29, 0.717) is 23.3 Å². The van der Waals surface area contributed by atoms with Crippen LogP contribution in [0, 0.1) is 17.4 Å². The molecule has 0 unspecified atom stereocenters. The number of thioether (sulfide) groups is 1. The standard InChI is InChI=1S/C23H21IN4O2S/c1-4-9-28-22(19-12-16-7-5-6-8-18(16)30-19)26-27-23(28)31-13-20(29)25-21-14(2)10-17(24)11-15(21)3/h4-8,10-12H,1,9,13H2,2-3H3,(H,25,29). The van der Waals surface area contributed by atoms with Crippen LogP contribution in [-0.2, 0) is 11.3 Å². The molecule has 0 saturated carbocycles. The molecular weight excluding hydrogens is 523 g/mol. The fourth-order valence-corrected chi connectivity index (χ4v) is 5.06. The highest BCUT2D eigenvalue weighted by Crippen LogP contribution is 2.29. The van der Waals surface area contributed by atoms with Crippen LogP contribution < -0.4 is 5.32 Å². The van der Waals surface area contributed by atoms with Crippen LogP contribution >= 0.6 is 34.4 Å². The number of aryl methyl sites for hydroxylation is 2. The van der Waals surface area contributed by atoms with Crippen LogP contribution in [0.3, 0.4) is 0 Å². The van der Waals surface area contributed by atoms with Gasteiger partial charge >= 0.3 is 0 Å². The van der Waals surface area contributed by atoms with Gasteiger partial charge in [-0.15, -0.1) is 16.8 Å². The first-order valence-corrected chi connectivity index (χ1v) is 11.7. The first-order chi connectivity index (χ1) is 15.0.